The topological polar surface area (TPSA) is 45.7 Å². The van der Waals surface area contributed by atoms with Crippen molar-refractivity contribution in [3.05, 3.63) is 30.1 Å². The quantitative estimate of drug-likeness (QED) is 0.847. The van der Waals surface area contributed by atoms with Crippen molar-refractivity contribution in [1.82, 2.24) is 14.8 Å². The van der Waals surface area contributed by atoms with Crippen LogP contribution in [-0.4, -0.2) is 58.6 Å². The van der Waals surface area contributed by atoms with E-state index in [1.54, 1.807) is 6.20 Å². The van der Waals surface area contributed by atoms with Crippen molar-refractivity contribution in [2.75, 3.05) is 19.8 Å². The molecule has 0 N–H and O–H groups in total. The molecular weight excluding hydrogens is 278 g/mol. The van der Waals surface area contributed by atoms with Gasteiger partial charge in [-0.15, -0.1) is 0 Å². The molecule has 1 aromatic heterocycles. The molecule has 0 aromatic carbocycles. The third kappa shape index (κ3) is 2.52. The molecule has 3 fully saturated rings. The van der Waals surface area contributed by atoms with Crippen LogP contribution in [0.3, 0.4) is 0 Å². The number of hydrogen-bond acceptors (Lipinski definition) is 4. The molecule has 22 heavy (non-hydrogen) atoms. The predicted molar refractivity (Wildman–Crippen MR) is 82.1 cm³/mol. The van der Waals surface area contributed by atoms with Crippen LogP contribution in [0.1, 0.15) is 31.2 Å². The summed E-state index contributed by atoms with van der Waals surface area (Å²) < 4.78 is 5.56. The number of fused-ring (bicyclic) bond motifs is 1. The van der Waals surface area contributed by atoms with Crippen LogP contribution in [-0.2, 0) is 16.1 Å². The highest BCUT2D eigenvalue weighted by Gasteiger charge is 2.45. The summed E-state index contributed by atoms with van der Waals surface area (Å²) in [5.41, 5.74) is 1.12. The largest absolute Gasteiger partial charge is 0.380 e. The molecule has 5 heteroatoms. The summed E-state index contributed by atoms with van der Waals surface area (Å²) in [6.45, 7) is 3.54. The summed E-state index contributed by atoms with van der Waals surface area (Å²) >= 11 is 0. The number of aromatic nitrogens is 1. The summed E-state index contributed by atoms with van der Waals surface area (Å²) in [6, 6.07) is 5.44. The van der Waals surface area contributed by atoms with Crippen molar-refractivity contribution >= 4 is 5.91 Å². The van der Waals surface area contributed by atoms with E-state index in [0.717, 1.165) is 44.6 Å². The van der Waals surface area contributed by atoms with Crippen LogP contribution in [0.15, 0.2) is 24.5 Å². The van der Waals surface area contributed by atoms with E-state index in [2.05, 4.69) is 20.9 Å². The Morgan fingerprint density at radius 2 is 2.23 bits per heavy atom. The molecule has 3 aliphatic heterocycles. The average molecular weight is 301 g/mol. The minimum Gasteiger partial charge on any atom is -0.380 e. The summed E-state index contributed by atoms with van der Waals surface area (Å²) in [7, 11) is 0. The molecule has 118 valence electrons. The molecular formula is C17H23N3O2. The Bertz CT molecular complexity index is 530. The van der Waals surface area contributed by atoms with Crippen LogP contribution in [0.2, 0.25) is 0 Å². The highest BCUT2D eigenvalue weighted by molar-refractivity contribution is 5.77. The van der Waals surface area contributed by atoms with Gasteiger partial charge in [0.1, 0.15) is 0 Å². The molecule has 0 aliphatic carbocycles. The van der Waals surface area contributed by atoms with E-state index in [1.165, 1.54) is 0 Å². The summed E-state index contributed by atoms with van der Waals surface area (Å²) in [5.74, 6) is 0.301. The van der Waals surface area contributed by atoms with Crippen molar-refractivity contribution in [1.29, 1.82) is 0 Å². The molecule has 0 spiro atoms. The second-order valence-corrected chi connectivity index (χ2v) is 6.60. The van der Waals surface area contributed by atoms with Crippen molar-refractivity contribution in [2.24, 2.45) is 0 Å². The van der Waals surface area contributed by atoms with Gasteiger partial charge in [-0.25, -0.2) is 0 Å². The normalized spacial score (nSPS) is 32.5. The zero-order valence-corrected chi connectivity index (χ0v) is 12.9. The third-order valence-corrected chi connectivity index (χ3v) is 5.38. The number of rotatable bonds is 3. The van der Waals surface area contributed by atoms with Gasteiger partial charge in [-0.2, -0.15) is 0 Å². The van der Waals surface area contributed by atoms with Crippen molar-refractivity contribution < 1.29 is 9.53 Å². The van der Waals surface area contributed by atoms with E-state index in [-0.39, 0.29) is 0 Å². The lowest BCUT2D eigenvalue weighted by Crippen LogP contribution is -2.53. The molecule has 3 aliphatic rings. The zero-order valence-electron chi connectivity index (χ0n) is 12.9. The standard InChI is InChI=1S/C17H23N3O2/c21-17-4-3-15-16(5-8-19(15)14-6-9-22-12-14)20(17)11-13-2-1-7-18-10-13/h1-2,7,10,14-16H,3-6,8-9,11-12H2/t14?,15-,16-/m1/s1. The van der Waals surface area contributed by atoms with E-state index in [9.17, 15) is 4.79 Å². The Balaban J connectivity index is 1.51. The molecule has 0 bridgehead atoms. The summed E-state index contributed by atoms with van der Waals surface area (Å²) in [6.07, 6.45) is 7.55. The Labute approximate surface area is 131 Å². The molecule has 1 amide bonds. The van der Waals surface area contributed by atoms with Crippen LogP contribution < -0.4 is 0 Å². The van der Waals surface area contributed by atoms with Crippen LogP contribution in [0.25, 0.3) is 0 Å². The Hall–Kier alpha value is -1.46. The van der Waals surface area contributed by atoms with Crippen LogP contribution in [0.5, 0.6) is 0 Å². The van der Waals surface area contributed by atoms with Gasteiger partial charge in [-0.3, -0.25) is 14.7 Å². The fourth-order valence-corrected chi connectivity index (χ4v) is 4.31. The van der Waals surface area contributed by atoms with E-state index < -0.39 is 0 Å². The highest BCUT2D eigenvalue weighted by atomic mass is 16.5. The third-order valence-electron chi connectivity index (χ3n) is 5.38. The molecule has 1 aromatic rings. The lowest BCUT2D eigenvalue weighted by molar-refractivity contribution is -0.138. The van der Waals surface area contributed by atoms with E-state index in [0.29, 0.717) is 37.0 Å². The lowest BCUT2D eigenvalue weighted by atomic mass is 9.95. The van der Waals surface area contributed by atoms with Gasteiger partial charge in [0, 0.05) is 56.6 Å². The van der Waals surface area contributed by atoms with Gasteiger partial charge < -0.3 is 9.64 Å². The van der Waals surface area contributed by atoms with Crippen LogP contribution >= 0.6 is 0 Å². The van der Waals surface area contributed by atoms with E-state index in [1.807, 2.05) is 12.3 Å². The second kappa shape index (κ2) is 5.97. The molecule has 4 rings (SSSR count). The Kier molecular flexibility index (Phi) is 3.84. The van der Waals surface area contributed by atoms with Crippen molar-refractivity contribution in [3.8, 4) is 0 Å². The predicted octanol–water partition coefficient (Wildman–Crippen LogP) is 1.44. The minimum absolute atomic E-state index is 0.301. The van der Waals surface area contributed by atoms with Gasteiger partial charge >= 0.3 is 0 Å². The van der Waals surface area contributed by atoms with Crippen molar-refractivity contribution in [2.45, 2.75) is 50.4 Å². The van der Waals surface area contributed by atoms with Gasteiger partial charge in [0.15, 0.2) is 0 Å². The fraction of sp³-hybridized carbons (Fsp3) is 0.647. The molecule has 3 saturated heterocycles. The van der Waals surface area contributed by atoms with Crippen LogP contribution in [0.4, 0.5) is 0 Å². The number of amides is 1. The maximum atomic E-state index is 12.4. The Morgan fingerprint density at radius 3 is 3.00 bits per heavy atom. The first-order valence-electron chi connectivity index (χ1n) is 8.35. The highest BCUT2D eigenvalue weighted by Crippen LogP contribution is 2.35. The molecule has 0 radical (unpaired) electrons. The first-order chi connectivity index (χ1) is 10.8. The van der Waals surface area contributed by atoms with Gasteiger partial charge in [0.05, 0.1) is 6.61 Å². The van der Waals surface area contributed by atoms with Crippen LogP contribution in [0, 0.1) is 0 Å². The SMILES string of the molecule is O=C1CC[C@@H]2[C@@H](CCN2C2CCOC2)N1Cc1cccnc1. The monoisotopic (exact) mass is 301 g/mol. The molecule has 4 heterocycles. The summed E-state index contributed by atoms with van der Waals surface area (Å²) in [5, 5.41) is 0. The number of hydrogen-bond donors (Lipinski definition) is 0. The number of nitrogens with zero attached hydrogens (tertiary/aromatic N) is 3. The lowest BCUT2D eigenvalue weighted by Gasteiger charge is -2.41. The zero-order chi connectivity index (χ0) is 14.9. The smallest absolute Gasteiger partial charge is 0.223 e. The fourth-order valence-electron chi connectivity index (χ4n) is 4.31. The van der Waals surface area contributed by atoms with E-state index in [4.69, 9.17) is 4.74 Å². The van der Waals surface area contributed by atoms with E-state index >= 15 is 0 Å². The first kappa shape index (κ1) is 14.2. The number of piperidine rings is 1. The summed E-state index contributed by atoms with van der Waals surface area (Å²) in [4.78, 5) is 21.3. The van der Waals surface area contributed by atoms with Gasteiger partial charge in [-0.05, 0) is 30.9 Å². The van der Waals surface area contributed by atoms with Gasteiger partial charge in [0.2, 0.25) is 5.91 Å². The van der Waals surface area contributed by atoms with Gasteiger partial charge in [-0.1, -0.05) is 6.07 Å². The van der Waals surface area contributed by atoms with Gasteiger partial charge in [0.25, 0.3) is 0 Å². The number of carbonyl (C=O) groups is 1. The number of likely N-dealkylation sites (tertiary alicyclic amines) is 2. The number of ether oxygens (including phenoxy) is 1. The Morgan fingerprint density at radius 1 is 1.27 bits per heavy atom. The maximum Gasteiger partial charge on any atom is 0.223 e. The number of carbonyl (C=O) groups excluding carboxylic acids is 1. The molecule has 5 nitrogen and oxygen atoms in total. The minimum atomic E-state index is 0.301. The first-order valence-corrected chi connectivity index (χ1v) is 8.35. The second-order valence-electron chi connectivity index (χ2n) is 6.60. The van der Waals surface area contributed by atoms with Crippen molar-refractivity contribution in [3.63, 3.8) is 0 Å². The number of pyridine rings is 1. The molecule has 1 unspecified atom stereocenters. The maximum absolute atomic E-state index is 12.4. The average Bonchev–Trinajstić information content (AvgIpc) is 3.20. The molecule has 3 atom stereocenters. The molecule has 0 saturated carbocycles.